The van der Waals surface area contributed by atoms with Crippen molar-refractivity contribution in [3.05, 3.63) is 504 Å². The first-order chi connectivity index (χ1) is 70.4. The highest BCUT2D eigenvalue weighted by Crippen LogP contribution is 2.48. The van der Waals surface area contributed by atoms with Crippen LogP contribution in [0.2, 0.25) is 0 Å². The number of aromatic nitrogens is 9. The van der Waals surface area contributed by atoms with E-state index in [0.717, 1.165) is 72.0 Å². The molecule has 0 aliphatic heterocycles. The summed E-state index contributed by atoms with van der Waals surface area (Å²) in [6.45, 7) is 0. The van der Waals surface area contributed by atoms with Gasteiger partial charge in [-0.25, -0.2) is 44.9 Å². The van der Waals surface area contributed by atoms with Crippen molar-refractivity contribution < 1.29 is 0 Å². The van der Waals surface area contributed by atoms with Crippen LogP contribution in [0.4, 0.5) is 0 Å². The van der Waals surface area contributed by atoms with Crippen LogP contribution in [-0.2, 0) is 0 Å². The highest BCUT2D eigenvalue weighted by atomic mass is 15.1. The van der Waals surface area contributed by atoms with Gasteiger partial charge in [0.1, 0.15) is 0 Å². The number of hydrogen-bond donors (Lipinski definition) is 0. The van der Waals surface area contributed by atoms with Crippen molar-refractivity contribution >= 4 is 140 Å². The standard InChI is InChI=1S/C47H29N3.2C43H27N3/c1-3-14-32(15-4-1)45-48-46(33-16-5-2-6-17-33)50-47(49-45)41-28-27-39(35-19-9-11-21-37(35)41)42-29-43-40(36-20-10-12-22-38(36)42)26-25-31-24-23-30-13-7-8-18-34(30)44(31)43;1-3-13-31(14-4-1)41-44-42(32-15-5-2-6-16-32)46-43(45-41)33-22-19-30(20-23-33)38-27-34-24-21-28-11-7-9-17-35(28)39(34)37-26-25-29-12-8-10-18-36(29)40(37)38;1-3-12-31(13-4-1)41-44-42(32-14-5-2-6-15-32)46-43(45-41)33-23-20-29(21-24-33)38-27-39-37(35-17-9-10-18-36(35)38)26-25-30-22-19-28-11-7-8-16-34(28)40(30)39/h1-29H;2*1-27H. The van der Waals surface area contributed by atoms with Crippen molar-refractivity contribution in [3.63, 3.8) is 0 Å². The Kier molecular flexibility index (Phi) is 21.1. The zero-order valence-corrected chi connectivity index (χ0v) is 76.9. The Morgan fingerprint density at radius 2 is 0.310 bits per heavy atom. The number of hydrogen-bond acceptors (Lipinski definition) is 9. The lowest BCUT2D eigenvalue weighted by atomic mass is 9.87. The SMILES string of the molecule is c1ccc(-c2nc(-c3ccccc3)nc(-c3ccc(-c4cc5c(ccc6ccc7ccccc7c65)c5ccccc45)c4ccccc34)n2)cc1.c1ccc(-c2nc(-c3ccccc3)nc(-c3ccc(-c4cc5c(ccc6ccc7ccccc7c65)c5ccccc45)cc3)n2)cc1.c1ccc(-c2nc(-c3ccccc3)nc(-c3ccc(-c4cc5ccc6ccccc6c5c5ccc6ccccc6c45)cc3)n2)cc1. The van der Waals surface area contributed by atoms with Crippen LogP contribution in [0.15, 0.2) is 504 Å². The molecule has 0 bridgehead atoms. The van der Waals surface area contributed by atoms with Gasteiger partial charge in [-0.1, -0.05) is 479 Å². The lowest BCUT2D eigenvalue weighted by Gasteiger charge is -2.17. The molecule has 0 unspecified atom stereocenters. The maximum Gasteiger partial charge on any atom is 0.164 e. The average Bonchev–Trinajstić information content (AvgIpc) is 0.731. The van der Waals surface area contributed by atoms with Crippen molar-refractivity contribution in [2.45, 2.75) is 0 Å². The molecule has 0 saturated heterocycles. The second-order valence-electron chi connectivity index (χ2n) is 36.0. The van der Waals surface area contributed by atoms with Crippen LogP contribution in [0, 0.1) is 0 Å². The van der Waals surface area contributed by atoms with E-state index in [1.54, 1.807) is 0 Å². The van der Waals surface area contributed by atoms with Crippen molar-refractivity contribution in [3.8, 4) is 136 Å². The van der Waals surface area contributed by atoms with Crippen molar-refractivity contribution in [1.29, 1.82) is 0 Å². The number of benzene rings is 25. The molecule has 0 N–H and O–H groups in total. The molecule has 0 atom stereocenters. The maximum atomic E-state index is 5.08. The lowest BCUT2D eigenvalue weighted by molar-refractivity contribution is 1.07. The fraction of sp³-hybridized carbons (Fsp3) is 0. The van der Waals surface area contributed by atoms with E-state index in [1.165, 1.54) is 152 Å². The Bertz CT molecular complexity index is 9600. The summed E-state index contributed by atoms with van der Waals surface area (Å²) in [6.07, 6.45) is 0. The van der Waals surface area contributed by atoms with Gasteiger partial charge in [-0.15, -0.1) is 0 Å². The highest BCUT2D eigenvalue weighted by Gasteiger charge is 2.24. The van der Waals surface area contributed by atoms with E-state index in [4.69, 9.17) is 44.9 Å². The van der Waals surface area contributed by atoms with Gasteiger partial charge >= 0.3 is 0 Å². The van der Waals surface area contributed by atoms with Crippen LogP contribution in [0.3, 0.4) is 0 Å². The summed E-state index contributed by atoms with van der Waals surface area (Å²) in [5.74, 6) is 5.91. The summed E-state index contributed by atoms with van der Waals surface area (Å²) in [5.41, 5.74) is 15.7. The van der Waals surface area contributed by atoms with Gasteiger partial charge in [0, 0.05) is 50.1 Å². The molecule has 0 saturated carbocycles. The molecule has 0 aliphatic rings. The van der Waals surface area contributed by atoms with Gasteiger partial charge in [0.2, 0.25) is 0 Å². The third-order valence-corrected chi connectivity index (χ3v) is 27.7. The Morgan fingerprint density at radius 1 is 0.0915 bits per heavy atom. The largest absolute Gasteiger partial charge is 0.208 e. The zero-order chi connectivity index (χ0) is 93.9. The van der Waals surface area contributed by atoms with E-state index in [2.05, 4.69) is 322 Å². The summed E-state index contributed by atoms with van der Waals surface area (Å²) in [6, 6.07) is 178. The van der Waals surface area contributed by atoms with Crippen LogP contribution in [0.5, 0.6) is 0 Å². The molecule has 9 heteroatoms. The minimum absolute atomic E-state index is 0.652. The minimum atomic E-state index is 0.652. The smallest absolute Gasteiger partial charge is 0.164 e. The lowest BCUT2D eigenvalue weighted by Crippen LogP contribution is -2.00. The first-order valence-corrected chi connectivity index (χ1v) is 48.0. The quantitative estimate of drug-likeness (QED) is 0.110. The third-order valence-electron chi connectivity index (χ3n) is 27.7. The molecular weight excluding hydrogens is 1720 g/mol. The van der Waals surface area contributed by atoms with Gasteiger partial charge in [0.15, 0.2) is 52.4 Å². The fourth-order valence-corrected chi connectivity index (χ4v) is 20.9. The molecule has 0 aliphatic carbocycles. The van der Waals surface area contributed by atoms with Gasteiger partial charge < -0.3 is 0 Å². The molecule has 28 aromatic rings. The van der Waals surface area contributed by atoms with E-state index >= 15 is 0 Å². The van der Waals surface area contributed by atoms with E-state index in [1.807, 2.05) is 182 Å². The van der Waals surface area contributed by atoms with Crippen LogP contribution in [0.25, 0.3) is 276 Å². The molecular formula is C133H83N9. The van der Waals surface area contributed by atoms with Gasteiger partial charge in [-0.3, -0.25) is 0 Å². The van der Waals surface area contributed by atoms with E-state index < -0.39 is 0 Å². The van der Waals surface area contributed by atoms with E-state index in [0.29, 0.717) is 52.4 Å². The Labute approximate surface area is 818 Å². The summed E-state index contributed by atoms with van der Waals surface area (Å²) in [7, 11) is 0. The predicted molar refractivity (Wildman–Crippen MR) is 592 cm³/mol. The third kappa shape index (κ3) is 15.3. The molecule has 0 amide bonds. The Morgan fingerprint density at radius 3 is 0.676 bits per heavy atom. The van der Waals surface area contributed by atoms with Crippen LogP contribution in [0.1, 0.15) is 0 Å². The Balaban J connectivity index is 0.000000109. The second-order valence-corrected chi connectivity index (χ2v) is 36.0. The number of fused-ring (bicyclic) bond motifs is 22. The van der Waals surface area contributed by atoms with Gasteiger partial charge in [-0.2, -0.15) is 0 Å². The van der Waals surface area contributed by atoms with E-state index in [9.17, 15) is 0 Å². The first-order valence-electron chi connectivity index (χ1n) is 48.0. The molecule has 142 heavy (non-hydrogen) atoms. The monoisotopic (exact) mass is 1810 g/mol. The first kappa shape index (κ1) is 83.5. The summed E-state index contributed by atoms with van der Waals surface area (Å²) >= 11 is 0. The predicted octanol–water partition coefficient (Wildman–Crippen LogP) is 34.6. The molecule has 25 aromatic carbocycles. The number of rotatable bonds is 12. The number of nitrogens with zero attached hydrogens (tertiary/aromatic N) is 9. The normalized spacial score (nSPS) is 11.5. The maximum absolute atomic E-state index is 5.08. The molecule has 28 rings (SSSR count). The van der Waals surface area contributed by atoms with Gasteiger partial charge in [-0.05, 0) is 198 Å². The topological polar surface area (TPSA) is 116 Å². The average molecular weight is 1810 g/mol. The molecule has 660 valence electrons. The molecule has 0 spiro atoms. The van der Waals surface area contributed by atoms with Crippen molar-refractivity contribution in [1.82, 2.24) is 44.9 Å². The minimum Gasteiger partial charge on any atom is -0.208 e. The van der Waals surface area contributed by atoms with Crippen LogP contribution < -0.4 is 0 Å². The summed E-state index contributed by atoms with van der Waals surface area (Å²) < 4.78 is 0. The second kappa shape index (κ2) is 35.9. The van der Waals surface area contributed by atoms with Crippen LogP contribution in [-0.4, -0.2) is 44.9 Å². The van der Waals surface area contributed by atoms with Crippen molar-refractivity contribution in [2.24, 2.45) is 0 Å². The Hall–Kier alpha value is -19.1. The molecule has 3 aromatic heterocycles. The molecule has 0 fully saturated rings. The molecule has 0 radical (unpaired) electrons. The van der Waals surface area contributed by atoms with Gasteiger partial charge in [0.25, 0.3) is 0 Å². The van der Waals surface area contributed by atoms with Gasteiger partial charge in [0.05, 0.1) is 0 Å². The highest BCUT2D eigenvalue weighted by molar-refractivity contribution is 6.31. The summed E-state index contributed by atoms with van der Waals surface area (Å²) in [5, 5.41) is 32.5. The van der Waals surface area contributed by atoms with E-state index in [-0.39, 0.29) is 0 Å². The zero-order valence-electron chi connectivity index (χ0n) is 76.9. The van der Waals surface area contributed by atoms with Crippen LogP contribution >= 0.6 is 0 Å². The summed E-state index contributed by atoms with van der Waals surface area (Å²) in [4.78, 5) is 44.6. The van der Waals surface area contributed by atoms with Crippen molar-refractivity contribution in [2.75, 3.05) is 0 Å². The molecule has 3 heterocycles. The fourth-order valence-electron chi connectivity index (χ4n) is 20.9. The molecule has 9 nitrogen and oxygen atoms in total.